The van der Waals surface area contributed by atoms with Crippen molar-refractivity contribution in [1.29, 1.82) is 0 Å². The summed E-state index contributed by atoms with van der Waals surface area (Å²) < 4.78 is 11.3. The van der Waals surface area contributed by atoms with E-state index in [1.807, 2.05) is 49.4 Å². The first-order valence-electron chi connectivity index (χ1n) is 7.81. The van der Waals surface area contributed by atoms with Crippen molar-refractivity contribution in [3.05, 3.63) is 81.4 Å². The summed E-state index contributed by atoms with van der Waals surface area (Å²) in [5.74, 6) is 1.92. The summed E-state index contributed by atoms with van der Waals surface area (Å²) in [6, 6.07) is 15.0. The van der Waals surface area contributed by atoms with E-state index in [0.717, 1.165) is 27.6 Å². The molecule has 0 amide bonds. The maximum atomic E-state index is 11.1. The molecule has 128 valence electrons. The fourth-order valence-electron chi connectivity index (χ4n) is 2.26. The molecule has 5 nitrogen and oxygen atoms in total. The second-order valence-corrected chi connectivity index (χ2v) is 5.90. The predicted molar refractivity (Wildman–Crippen MR) is 96.8 cm³/mol. The Kier molecular flexibility index (Phi) is 5.36. The van der Waals surface area contributed by atoms with Gasteiger partial charge in [-0.1, -0.05) is 23.7 Å². The SMILES string of the molecule is Cc1cc(Oc2ccc(CCOc3ccnc(=O)[nH]3)cc2)ccc1Cl. The van der Waals surface area contributed by atoms with Crippen LogP contribution in [0.5, 0.6) is 17.4 Å². The zero-order valence-electron chi connectivity index (χ0n) is 13.7. The van der Waals surface area contributed by atoms with Crippen LogP contribution in [0.1, 0.15) is 11.1 Å². The van der Waals surface area contributed by atoms with Gasteiger partial charge in [-0.05, 0) is 48.4 Å². The first-order valence-corrected chi connectivity index (χ1v) is 8.19. The maximum Gasteiger partial charge on any atom is 0.347 e. The third-order valence-corrected chi connectivity index (χ3v) is 4.01. The molecule has 1 N–H and O–H groups in total. The lowest BCUT2D eigenvalue weighted by Crippen LogP contribution is -2.11. The van der Waals surface area contributed by atoms with Crippen LogP contribution in [0.25, 0.3) is 0 Å². The van der Waals surface area contributed by atoms with E-state index < -0.39 is 5.69 Å². The van der Waals surface area contributed by atoms with Crippen LogP contribution >= 0.6 is 11.6 Å². The third-order valence-electron chi connectivity index (χ3n) is 3.58. The average molecular weight is 357 g/mol. The Hall–Kier alpha value is -2.79. The molecule has 1 aromatic heterocycles. The molecule has 25 heavy (non-hydrogen) atoms. The molecule has 0 spiro atoms. The monoisotopic (exact) mass is 356 g/mol. The fraction of sp³-hybridized carbons (Fsp3) is 0.158. The van der Waals surface area contributed by atoms with Crippen molar-refractivity contribution in [2.75, 3.05) is 6.61 Å². The summed E-state index contributed by atoms with van der Waals surface area (Å²) in [5, 5.41) is 0.721. The van der Waals surface area contributed by atoms with Crippen LogP contribution in [0.4, 0.5) is 0 Å². The van der Waals surface area contributed by atoms with Crippen LogP contribution < -0.4 is 15.2 Å². The van der Waals surface area contributed by atoms with Gasteiger partial charge in [-0.15, -0.1) is 0 Å². The standard InChI is InChI=1S/C19H17ClN2O3/c1-13-12-16(6-7-17(13)20)25-15-4-2-14(3-5-15)9-11-24-18-8-10-21-19(23)22-18/h2-8,10,12H,9,11H2,1H3,(H,21,22,23). The van der Waals surface area contributed by atoms with Crippen molar-refractivity contribution < 1.29 is 9.47 Å². The lowest BCUT2D eigenvalue weighted by Gasteiger charge is -2.09. The largest absolute Gasteiger partial charge is 0.478 e. The molecule has 0 aliphatic rings. The van der Waals surface area contributed by atoms with Crippen molar-refractivity contribution >= 4 is 11.6 Å². The van der Waals surface area contributed by atoms with Gasteiger partial charge in [0.15, 0.2) is 5.88 Å². The zero-order chi connectivity index (χ0) is 17.6. The molecular weight excluding hydrogens is 340 g/mol. The van der Waals surface area contributed by atoms with Crippen molar-refractivity contribution in [2.24, 2.45) is 0 Å². The second kappa shape index (κ2) is 7.85. The molecule has 2 aromatic carbocycles. The van der Waals surface area contributed by atoms with Gasteiger partial charge in [0.1, 0.15) is 11.5 Å². The van der Waals surface area contributed by atoms with E-state index in [9.17, 15) is 4.79 Å². The highest BCUT2D eigenvalue weighted by molar-refractivity contribution is 6.31. The number of halogens is 1. The van der Waals surface area contributed by atoms with E-state index in [1.165, 1.54) is 6.20 Å². The fourth-order valence-corrected chi connectivity index (χ4v) is 2.37. The predicted octanol–water partition coefficient (Wildman–Crippen LogP) is 4.15. The Morgan fingerprint density at radius 2 is 1.84 bits per heavy atom. The van der Waals surface area contributed by atoms with Gasteiger partial charge in [0.05, 0.1) is 6.61 Å². The van der Waals surface area contributed by atoms with Crippen LogP contribution in [0.2, 0.25) is 5.02 Å². The quantitative estimate of drug-likeness (QED) is 0.720. The Morgan fingerprint density at radius 3 is 2.56 bits per heavy atom. The Balaban J connectivity index is 1.54. The van der Waals surface area contributed by atoms with Crippen LogP contribution in [-0.2, 0) is 6.42 Å². The van der Waals surface area contributed by atoms with Crippen molar-refractivity contribution in [3.8, 4) is 17.4 Å². The van der Waals surface area contributed by atoms with Gasteiger partial charge >= 0.3 is 5.69 Å². The van der Waals surface area contributed by atoms with E-state index in [-0.39, 0.29) is 0 Å². The molecule has 0 saturated carbocycles. The molecule has 0 unspecified atom stereocenters. The number of hydrogen-bond acceptors (Lipinski definition) is 4. The molecule has 0 atom stereocenters. The van der Waals surface area contributed by atoms with E-state index in [1.54, 1.807) is 6.07 Å². The van der Waals surface area contributed by atoms with Crippen molar-refractivity contribution in [3.63, 3.8) is 0 Å². The second-order valence-electron chi connectivity index (χ2n) is 5.49. The number of H-pyrrole nitrogens is 1. The molecule has 0 radical (unpaired) electrons. The number of aromatic nitrogens is 2. The molecular formula is C19H17ClN2O3. The minimum absolute atomic E-state index is 0.415. The van der Waals surface area contributed by atoms with Crippen molar-refractivity contribution in [1.82, 2.24) is 9.97 Å². The van der Waals surface area contributed by atoms with Crippen LogP contribution in [0, 0.1) is 6.92 Å². The molecule has 1 heterocycles. The van der Waals surface area contributed by atoms with E-state index in [4.69, 9.17) is 21.1 Å². The summed E-state index contributed by atoms with van der Waals surface area (Å²) in [7, 11) is 0. The highest BCUT2D eigenvalue weighted by Crippen LogP contribution is 2.26. The molecule has 3 rings (SSSR count). The minimum atomic E-state index is -0.420. The zero-order valence-corrected chi connectivity index (χ0v) is 14.4. The number of aromatic amines is 1. The molecule has 6 heteroatoms. The van der Waals surface area contributed by atoms with Gasteiger partial charge in [-0.25, -0.2) is 9.78 Å². The van der Waals surface area contributed by atoms with E-state index in [2.05, 4.69) is 9.97 Å². The summed E-state index contributed by atoms with van der Waals surface area (Å²) >= 11 is 6.02. The number of rotatable bonds is 6. The molecule has 0 saturated heterocycles. The maximum absolute atomic E-state index is 11.1. The normalized spacial score (nSPS) is 10.5. The number of ether oxygens (including phenoxy) is 2. The Morgan fingerprint density at radius 1 is 1.08 bits per heavy atom. The van der Waals surface area contributed by atoms with Gasteiger partial charge in [0.25, 0.3) is 0 Å². The van der Waals surface area contributed by atoms with Gasteiger partial charge < -0.3 is 9.47 Å². The molecule has 0 aliphatic heterocycles. The highest BCUT2D eigenvalue weighted by atomic mass is 35.5. The van der Waals surface area contributed by atoms with Crippen LogP contribution in [-0.4, -0.2) is 16.6 Å². The minimum Gasteiger partial charge on any atom is -0.478 e. The first-order chi connectivity index (χ1) is 12.1. The number of nitrogens with one attached hydrogen (secondary N) is 1. The van der Waals surface area contributed by atoms with E-state index >= 15 is 0 Å². The van der Waals surface area contributed by atoms with Crippen molar-refractivity contribution in [2.45, 2.75) is 13.3 Å². The summed E-state index contributed by atoms with van der Waals surface area (Å²) in [5.41, 5.74) is 1.66. The first kappa shape index (κ1) is 17.0. The lowest BCUT2D eigenvalue weighted by atomic mass is 10.1. The molecule has 0 fully saturated rings. The Labute approximate surface area is 150 Å². The summed E-state index contributed by atoms with van der Waals surface area (Å²) in [6.45, 7) is 2.39. The molecule has 0 aliphatic carbocycles. The van der Waals surface area contributed by atoms with Gasteiger partial charge in [0, 0.05) is 23.7 Å². The molecule has 3 aromatic rings. The highest BCUT2D eigenvalue weighted by Gasteiger charge is 2.02. The number of aryl methyl sites for hydroxylation is 1. The summed E-state index contributed by atoms with van der Waals surface area (Å²) in [4.78, 5) is 17.2. The van der Waals surface area contributed by atoms with Gasteiger partial charge in [-0.3, -0.25) is 4.98 Å². The van der Waals surface area contributed by atoms with Gasteiger partial charge in [-0.2, -0.15) is 0 Å². The molecule has 0 bridgehead atoms. The van der Waals surface area contributed by atoms with Gasteiger partial charge in [0.2, 0.25) is 0 Å². The summed E-state index contributed by atoms with van der Waals surface area (Å²) in [6.07, 6.45) is 2.13. The smallest absolute Gasteiger partial charge is 0.347 e. The number of benzene rings is 2. The average Bonchev–Trinajstić information content (AvgIpc) is 2.60. The lowest BCUT2D eigenvalue weighted by molar-refractivity contribution is 0.308. The van der Waals surface area contributed by atoms with Crippen LogP contribution in [0.15, 0.2) is 59.5 Å². The Bertz CT molecular complexity index is 907. The number of hydrogen-bond donors (Lipinski definition) is 1. The third kappa shape index (κ3) is 4.84. The number of nitrogens with zero attached hydrogens (tertiary/aromatic N) is 1. The van der Waals surface area contributed by atoms with Crippen LogP contribution in [0.3, 0.4) is 0 Å². The van der Waals surface area contributed by atoms with E-state index in [0.29, 0.717) is 18.9 Å². The topological polar surface area (TPSA) is 64.2 Å².